The van der Waals surface area contributed by atoms with Crippen LogP contribution in [0.25, 0.3) is 26.3 Å². The number of fused-ring (bicyclic) bond motifs is 1. The summed E-state index contributed by atoms with van der Waals surface area (Å²) >= 11 is 1.23. The number of hydrogen-bond acceptors (Lipinski definition) is 7. The summed E-state index contributed by atoms with van der Waals surface area (Å²) in [4.78, 5) is 48.3. The molecule has 258 valence electrons. The summed E-state index contributed by atoms with van der Waals surface area (Å²) in [6.45, 7) is 2.83. The second-order valence-electron chi connectivity index (χ2n) is 12.1. The number of imidazole rings is 1. The van der Waals surface area contributed by atoms with Gasteiger partial charge in [0, 0.05) is 61.7 Å². The molecule has 3 heterocycles. The van der Waals surface area contributed by atoms with Crippen LogP contribution >= 0.6 is 11.3 Å². The van der Waals surface area contributed by atoms with Crippen LogP contribution in [0, 0.1) is 11.6 Å². The van der Waals surface area contributed by atoms with E-state index in [9.17, 15) is 19.5 Å². The molecule has 3 aromatic carbocycles. The summed E-state index contributed by atoms with van der Waals surface area (Å²) in [5, 5.41) is 9.73. The first kappa shape index (κ1) is 34.8. The molecule has 0 saturated heterocycles. The number of benzene rings is 3. The number of para-hydroxylation sites is 1. The van der Waals surface area contributed by atoms with Gasteiger partial charge in [0.05, 0.1) is 24.2 Å². The third-order valence-corrected chi connectivity index (χ3v) is 10.1. The molecule has 0 amide bonds. The fourth-order valence-corrected chi connectivity index (χ4v) is 7.37. The van der Waals surface area contributed by atoms with E-state index in [0.29, 0.717) is 55.0 Å². The normalized spacial score (nSPS) is 11.6. The van der Waals surface area contributed by atoms with Crippen molar-refractivity contribution in [2.24, 2.45) is 0 Å². The lowest BCUT2D eigenvalue weighted by molar-refractivity contribution is -0.118. The molecule has 6 rings (SSSR count). The van der Waals surface area contributed by atoms with Crippen LogP contribution in [0.15, 0.2) is 94.8 Å². The molecule has 0 saturated carbocycles. The molecule has 1 N–H and O–H groups in total. The number of aliphatic hydroxyl groups is 1. The van der Waals surface area contributed by atoms with Crippen molar-refractivity contribution in [3.05, 3.63) is 140 Å². The smallest absolute Gasteiger partial charge is 0.337 e. The van der Waals surface area contributed by atoms with Gasteiger partial charge in [-0.3, -0.25) is 14.2 Å². The molecule has 6 aromatic rings. The summed E-state index contributed by atoms with van der Waals surface area (Å²) in [5.41, 5.74) is 1.11. The van der Waals surface area contributed by atoms with Gasteiger partial charge in [0.1, 0.15) is 28.1 Å². The van der Waals surface area contributed by atoms with E-state index < -0.39 is 29.4 Å². The van der Waals surface area contributed by atoms with Crippen LogP contribution in [-0.2, 0) is 37.3 Å². The van der Waals surface area contributed by atoms with Crippen molar-refractivity contribution in [1.29, 1.82) is 0 Å². The topological polar surface area (TPSA) is 102 Å². The van der Waals surface area contributed by atoms with Crippen LogP contribution in [0.1, 0.15) is 35.9 Å². The van der Waals surface area contributed by atoms with Crippen molar-refractivity contribution >= 4 is 27.3 Å². The Kier molecular flexibility index (Phi) is 10.6. The van der Waals surface area contributed by atoms with Gasteiger partial charge < -0.3 is 14.6 Å². The zero-order valence-electron chi connectivity index (χ0n) is 27.8. The Hall–Kier alpha value is -5.04. The van der Waals surface area contributed by atoms with Crippen molar-refractivity contribution in [2.75, 3.05) is 20.2 Å². The predicted molar refractivity (Wildman–Crippen MR) is 191 cm³/mol. The van der Waals surface area contributed by atoms with E-state index in [4.69, 9.17) is 0 Å². The van der Waals surface area contributed by atoms with Crippen molar-refractivity contribution < 1.29 is 18.7 Å². The van der Waals surface area contributed by atoms with Crippen LogP contribution in [-0.4, -0.2) is 54.7 Å². The van der Waals surface area contributed by atoms with Crippen LogP contribution in [0.5, 0.6) is 0 Å². The highest BCUT2D eigenvalue weighted by Crippen LogP contribution is 2.38. The van der Waals surface area contributed by atoms with Gasteiger partial charge in [-0.1, -0.05) is 55.5 Å². The zero-order chi connectivity index (χ0) is 35.4. The molecule has 3 aromatic heterocycles. The number of carbonyl (C=O) groups is 1. The first-order valence-corrected chi connectivity index (χ1v) is 17.2. The Morgan fingerprint density at radius 3 is 2.36 bits per heavy atom. The van der Waals surface area contributed by atoms with E-state index in [1.807, 2.05) is 49.0 Å². The van der Waals surface area contributed by atoms with Gasteiger partial charge in [0.15, 0.2) is 0 Å². The molecule has 0 unspecified atom stereocenters. The van der Waals surface area contributed by atoms with Crippen LogP contribution in [0.3, 0.4) is 0 Å². The lowest BCUT2D eigenvalue weighted by Crippen LogP contribution is -2.39. The molecule has 0 aliphatic heterocycles. The van der Waals surface area contributed by atoms with Crippen LogP contribution < -0.4 is 11.2 Å². The van der Waals surface area contributed by atoms with E-state index in [1.54, 1.807) is 36.5 Å². The van der Waals surface area contributed by atoms with E-state index in [1.165, 1.54) is 22.0 Å². The summed E-state index contributed by atoms with van der Waals surface area (Å²) in [7, 11) is 1.93. The van der Waals surface area contributed by atoms with Gasteiger partial charge >= 0.3 is 5.69 Å². The number of rotatable bonds is 14. The van der Waals surface area contributed by atoms with Crippen molar-refractivity contribution in [2.45, 2.75) is 45.8 Å². The minimum absolute atomic E-state index is 0.0192. The number of thiophene rings is 1. The minimum Gasteiger partial charge on any atom is -0.396 e. The van der Waals surface area contributed by atoms with Crippen molar-refractivity contribution in [3.63, 3.8) is 0 Å². The number of hydrogen-bond donors (Lipinski definition) is 1. The van der Waals surface area contributed by atoms with Gasteiger partial charge in [-0.15, -0.1) is 11.3 Å². The number of likely N-dealkylation sites (N-methyl/N-ethyl adjacent to an activating group) is 1. The summed E-state index contributed by atoms with van der Waals surface area (Å²) in [5.74, 6) is -0.708. The molecule has 0 spiro atoms. The number of nitrogens with zero attached hydrogens (tertiary/aromatic N) is 5. The Labute approximate surface area is 291 Å². The first-order chi connectivity index (χ1) is 24.2. The molecule has 0 aliphatic carbocycles. The van der Waals surface area contributed by atoms with Crippen LogP contribution in [0.2, 0.25) is 0 Å². The number of Topliss-reactive ketones (excluding diaryl/α,β-unsaturated/α-hetero) is 1. The molecule has 0 fully saturated rings. The Morgan fingerprint density at radius 1 is 0.960 bits per heavy atom. The Morgan fingerprint density at radius 2 is 1.68 bits per heavy atom. The molecular weight excluding hydrogens is 661 g/mol. The number of ketones is 1. The van der Waals surface area contributed by atoms with Gasteiger partial charge in [-0.25, -0.2) is 23.1 Å². The number of aliphatic hydroxyl groups excluding tert-OH is 1. The second-order valence-corrected chi connectivity index (χ2v) is 13.1. The fourth-order valence-electron chi connectivity index (χ4n) is 6.06. The van der Waals surface area contributed by atoms with E-state index in [0.717, 1.165) is 38.5 Å². The maximum absolute atomic E-state index is 15.1. The lowest BCUT2D eigenvalue weighted by atomic mass is 10.0. The summed E-state index contributed by atoms with van der Waals surface area (Å²) < 4.78 is 34.4. The molecule has 0 atom stereocenters. The SMILES string of the molecule is CCC(=O)Cc1ccc(-c2sc3c(c2CN(C)CCn2ccnc2CCO)c(=O)n(-c2ccccc2)c(=O)n3Cc2c(F)cccc2F)cc1. The average molecular weight is 698 g/mol. The third kappa shape index (κ3) is 7.14. The standard InChI is InChI=1S/C38H37F2N5O4S/c1-3-28(47)22-25-12-14-26(15-13-25)35-30(23-42(2)19-20-43-18-17-41-33(43)16-21-46)34-36(48)45(27-8-5-4-6-9-27)38(49)44(37(34)50-35)24-29-31(39)10-7-11-32(29)40/h4-15,17-18,46H,3,16,19-24H2,1-2H3. The van der Waals surface area contributed by atoms with Gasteiger partial charge in [0.25, 0.3) is 5.56 Å². The summed E-state index contributed by atoms with van der Waals surface area (Å²) in [6.07, 6.45) is 4.71. The van der Waals surface area contributed by atoms with E-state index in [-0.39, 0.29) is 23.3 Å². The van der Waals surface area contributed by atoms with Gasteiger partial charge in [-0.2, -0.15) is 0 Å². The molecule has 9 nitrogen and oxygen atoms in total. The second kappa shape index (κ2) is 15.2. The highest BCUT2D eigenvalue weighted by atomic mass is 32.1. The largest absolute Gasteiger partial charge is 0.396 e. The lowest BCUT2D eigenvalue weighted by Gasteiger charge is -2.19. The highest BCUT2D eigenvalue weighted by Gasteiger charge is 2.26. The monoisotopic (exact) mass is 697 g/mol. The van der Waals surface area contributed by atoms with Crippen molar-refractivity contribution in [1.82, 2.24) is 23.6 Å². The predicted octanol–water partition coefficient (Wildman–Crippen LogP) is 5.59. The number of aromatic nitrogens is 4. The maximum Gasteiger partial charge on any atom is 0.337 e. The Balaban J connectivity index is 1.54. The number of carbonyl (C=O) groups excluding carboxylic acids is 1. The summed E-state index contributed by atoms with van der Waals surface area (Å²) in [6, 6.07) is 19.6. The average Bonchev–Trinajstić information content (AvgIpc) is 3.72. The quantitative estimate of drug-likeness (QED) is 0.159. The maximum atomic E-state index is 15.1. The van der Waals surface area contributed by atoms with Crippen LogP contribution in [0.4, 0.5) is 8.78 Å². The first-order valence-electron chi connectivity index (χ1n) is 16.4. The fraction of sp³-hybridized carbons (Fsp3) is 0.263. The van der Waals surface area contributed by atoms with Gasteiger partial charge in [-0.05, 0) is 48.0 Å². The molecule has 0 bridgehead atoms. The van der Waals surface area contributed by atoms with E-state index >= 15 is 8.78 Å². The Bertz CT molecular complexity index is 2240. The zero-order valence-corrected chi connectivity index (χ0v) is 28.6. The molecule has 12 heteroatoms. The van der Waals surface area contributed by atoms with E-state index in [2.05, 4.69) is 9.88 Å². The van der Waals surface area contributed by atoms with Gasteiger partial charge in [0.2, 0.25) is 0 Å². The van der Waals surface area contributed by atoms with Crippen molar-refractivity contribution in [3.8, 4) is 16.1 Å². The highest BCUT2D eigenvalue weighted by molar-refractivity contribution is 7.22. The molecule has 0 radical (unpaired) electrons. The minimum atomic E-state index is -0.795. The molecule has 0 aliphatic rings. The third-order valence-electron chi connectivity index (χ3n) is 8.76. The number of halogens is 2. The molecular formula is C38H37F2N5O4S. The molecule has 50 heavy (non-hydrogen) atoms.